The molecule has 0 saturated carbocycles. The van der Waals surface area contributed by atoms with Crippen LogP contribution in [0.3, 0.4) is 0 Å². The Morgan fingerprint density at radius 2 is 1.79 bits per heavy atom. The standard InChI is InChI=1S/C18H18N4O4S2/c1-11(27-18-20-15-5-3-4-6-16(15)21-18)17(24)19-13-7-9-14(10-8-13)28(25,26)22-12(2)23/h3-11H,1-2H3,(H,19,24)(H,20,21)(H,22,23). The number of nitrogens with zero attached hydrogens (tertiary/aromatic N) is 1. The van der Waals surface area contributed by atoms with Gasteiger partial charge in [0.25, 0.3) is 10.0 Å². The summed E-state index contributed by atoms with van der Waals surface area (Å²) in [7, 11) is -3.90. The van der Waals surface area contributed by atoms with Crippen LogP contribution in [-0.4, -0.2) is 35.5 Å². The first-order chi connectivity index (χ1) is 13.2. The molecular weight excluding hydrogens is 400 g/mol. The number of H-pyrrole nitrogens is 1. The van der Waals surface area contributed by atoms with Crippen LogP contribution in [0.1, 0.15) is 13.8 Å². The van der Waals surface area contributed by atoms with Crippen molar-refractivity contribution in [2.75, 3.05) is 5.32 Å². The predicted octanol–water partition coefficient (Wildman–Crippen LogP) is 2.51. The van der Waals surface area contributed by atoms with Crippen molar-refractivity contribution in [2.45, 2.75) is 29.1 Å². The molecule has 2 amide bonds. The van der Waals surface area contributed by atoms with Crippen molar-refractivity contribution in [3.63, 3.8) is 0 Å². The number of para-hydroxylation sites is 2. The van der Waals surface area contributed by atoms with Gasteiger partial charge in [-0.05, 0) is 43.3 Å². The summed E-state index contributed by atoms with van der Waals surface area (Å²) in [5, 5.41) is 2.94. The first-order valence-electron chi connectivity index (χ1n) is 8.30. The summed E-state index contributed by atoms with van der Waals surface area (Å²) in [4.78, 5) is 30.9. The van der Waals surface area contributed by atoms with E-state index in [2.05, 4.69) is 15.3 Å². The number of fused-ring (bicyclic) bond motifs is 1. The summed E-state index contributed by atoms with van der Waals surface area (Å²) < 4.78 is 25.7. The number of thioether (sulfide) groups is 1. The van der Waals surface area contributed by atoms with E-state index < -0.39 is 21.2 Å². The minimum atomic E-state index is -3.90. The maximum atomic E-state index is 12.4. The Balaban J connectivity index is 1.64. The number of hydrogen-bond acceptors (Lipinski definition) is 6. The van der Waals surface area contributed by atoms with E-state index in [0.717, 1.165) is 18.0 Å². The van der Waals surface area contributed by atoms with Crippen molar-refractivity contribution in [3.05, 3.63) is 48.5 Å². The third-order valence-electron chi connectivity index (χ3n) is 3.74. The molecule has 2 aromatic carbocycles. The van der Waals surface area contributed by atoms with E-state index in [1.54, 1.807) is 6.92 Å². The summed E-state index contributed by atoms with van der Waals surface area (Å²) >= 11 is 1.29. The number of carbonyl (C=O) groups excluding carboxylic acids is 2. The van der Waals surface area contributed by atoms with Crippen LogP contribution < -0.4 is 10.0 Å². The molecule has 3 rings (SSSR count). The van der Waals surface area contributed by atoms with Crippen molar-refractivity contribution < 1.29 is 18.0 Å². The third-order valence-corrected chi connectivity index (χ3v) is 6.17. The minimum Gasteiger partial charge on any atom is -0.333 e. The second kappa shape index (κ2) is 8.03. The maximum absolute atomic E-state index is 12.4. The lowest BCUT2D eigenvalue weighted by atomic mass is 10.3. The number of sulfonamides is 1. The second-order valence-corrected chi connectivity index (χ2v) is 9.01. The normalized spacial score (nSPS) is 12.5. The molecule has 1 unspecified atom stereocenters. The van der Waals surface area contributed by atoms with E-state index in [9.17, 15) is 18.0 Å². The Hall–Kier alpha value is -2.85. The van der Waals surface area contributed by atoms with Crippen molar-refractivity contribution >= 4 is 50.3 Å². The number of nitrogens with one attached hydrogen (secondary N) is 3. The Kier molecular flexibility index (Phi) is 5.71. The summed E-state index contributed by atoms with van der Waals surface area (Å²) in [6, 6.07) is 13.2. The highest BCUT2D eigenvalue weighted by Gasteiger charge is 2.18. The van der Waals surface area contributed by atoms with Crippen LogP contribution >= 0.6 is 11.8 Å². The van der Waals surface area contributed by atoms with E-state index in [1.165, 1.54) is 36.0 Å². The van der Waals surface area contributed by atoms with E-state index in [-0.39, 0.29) is 10.8 Å². The van der Waals surface area contributed by atoms with Gasteiger partial charge in [0.1, 0.15) is 0 Å². The fraction of sp³-hybridized carbons (Fsp3) is 0.167. The zero-order chi connectivity index (χ0) is 20.3. The highest BCUT2D eigenvalue weighted by Crippen LogP contribution is 2.24. The molecule has 0 aliphatic rings. The van der Waals surface area contributed by atoms with Crippen molar-refractivity contribution in [2.24, 2.45) is 0 Å². The molecule has 0 radical (unpaired) electrons. The fourth-order valence-electron chi connectivity index (χ4n) is 2.42. The fourth-order valence-corrected chi connectivity index (χ4v) is 4.23. The second-order valence-electron chi connectivity index (χ2n) is 5.99. The molecule has 0 fully saturated rings. The van der Waals surface area contributed by atoms with Crippen molar-refractivity contribution in [3.8, 4) is 0 Å². The van der Waals surface area contributed by atoms with Crippen molar-refractivity contribution in [1.82, 2.24) is 14.7 Å². The first kappa shape index (κ1) is 19.9. The number of rotatable bonds is 6. The number of aromatic nitrogens is 2. The van der Waals surface area contributed by atoms with Gasteiger partial charge in [0.15, 0.2) is 5.16 Å². The van der Waals surface area contributed by atoms with Crippen LogP contribution in [0.2, 0.25) is 0 Å². The van der Waals surface area contributed by atoms with E-state index >= 15 is 0 Å². The Labute approximate surface area is 166 Å². The Morgan fingerprint density at radius 3 is 2.43 bits per heavy atom. The van der Waals surface area contributed by atoms with Crippen LogP contribution in [0, 0.1) is 0 Å². The predicted molar refractivity (Wildman–Crippen MR) is 107 cm³/mol. The van der Waals surface area contributed by atoms with Gasteiger partial charge in [-0.25, -0.2) is 18.1 Å². The van der Waals surface area contributed by atoms with Gasteiger partial charge in [-0.15, -0.1) is 0 Å². The number of anilines is 1. The SMILES string of the molecule is CC(=O)NS(=O)(=O)c1ccc(NC(=O)C(C)Sc2nc3ccccc3[nH]2)cc1. The van der Waals surface area contributed by atoms with Gasteiger partial charge in [0, 0.05) is 12.6 Å². The molecule has 0 bridgehead atoms. The smallest absolute Gasteiger partial charge is 0.264 e. The molecule has 1 aromatic heterocycles. The zero-order valence-corrected chi connectivity index (χ0v) is 16.7. The van der Waals surface area contributed by atoms with E-state index in [0.29, 0.717) is 10.8 Å². The lowest BCUT2D eigenvalue weighted by Crippen LogP contribution is -2.28. The summed E-state index contributed by atoms with van der Waals surface area (Å²) in [6.45, 7) is 2.87. The van der Waals surface area contributed by atoms with Crippen molar-refractivity contribution in [1.29, 1.82) is 0 Å². The molecule has 0 saturated heterocycles. The lowest BCUT2D eigenvalue weighted by Gasteiger charge is -2.11. The number of hydrogen-bond donors (Lipinski definition) is 3. The maximum Gasteiger partial charge on any atom is 0.264 e. The van der Waals surface area contributed by atoms with Crippen LogP contribution in [0.5, 0.6) is 0 Å². The van der Waals surface area contributed by atoms with Gasteiger partial charge in [-0.3, -0.25) is 9.59 Å². The summed E-state index contributed by atoms with van der Waals surface area (Å²) in [6.07, 6.45) is 0. The molecule has 1 heterocycles. The number of imidazole rings is 1. The molecule has 146 valence electrons. The third kappa shape index (κ3) is 4.70. The lowest BCUT2D eigenvalue weighted by molar-refractivity contribution is -0.117. The molecule has 28 heavy (non-hydrogen) atoms. The first-order valence-corrected chi connectivity index (χ1v) is 10.7. The molecule has 0 aliphatic heterocycles. The highest BCUT2D eigenvalue weighted by molar-refractivity contribution is 8.00. The number of aromatic amines is 1. The van der Waals surface area contributed by atoms with Gasteiger partial charge < -0.3 is 10.3 Å². The number of amides is 2. The molecule has 1 atom stereocenters. The monoisotopic (exact) mass is 418 g/mol. The highest BCUT2D eigenvalue weighted by atomic mass is 32.2. The van der Waals surface area contributed by atoms with E-state index in [1.807, 2.05) is 29.0 Å². The largest absolute Gasteiger partial charge is 0.333 e. The van der Waals surface area contributed by atoms with Gasteiger partial charge in [0.05, 0.1) is 21.2 Å². The Bertz CT molecular complexity index is 1090. The van der Waals surface area contributed by atoms with Gasteiger partial charge >= 0.3 is 0 Å². The quantitative estimate of drug-likeness (QED) is 0.529. The Morgan fingerprint density at radius 1 is 1.11 bits per heavy atom. The molecule has 8 nitrogen and oxygen atoms in total. The van der Waals surface area contributed by atoms with Crippen LogP contribution in [0.4, 0.5) is 5.69 Å². The van der Waals surface area contributed by atoms with Crippen LogP contribution in [0.25, 0.3) is 11.0 Å². The average molecular weight is 419 g/mol. The molecule has 0 aliphatic carbocycles. The summed E-state index contributed by atoms with van der Waals surface area (Å²) in [5.74, 6) is -0.920. The molecule has 10 heteroatoms. The zero-order valence-electron chi connectivity index (χ0n) is 15.1. The minimum absolute atomic E-state index is 0.0644. The molecule has 3 N–H and O–H groups in total. The molecule has 0 spiro atoms. The molecule has 3 aromatic rings. The molecular formula is C18H18N4O4S2. The van der Waals surface area contributed by atoms with E-state index in [4.69, 9.17) is 0 Å². The van der Waals surface area contributed by atoms with Crippen LogP contribution in [-0.2, 0) is 19.6 Å². The van der Waals surface area contributed by atoms with Gasteiger partial charge in [-0.2, -0.15) is 0 Å². The number of benzene rings is 2. The summed E-state index contributed by atoms with van der Waals surface area (Å²) in [5.41, 5.74) is 2.17. The van der Waals surface area contributed by atoms with Gasteiger partial charge in [-0.1, -0.05) is 23.9 Å². The van der Waals surface area contributed by atoms with Crippen LogP contribution in [0.15, 0.2) is 58.6 Å². The number of carbonyl (C=O) groups is 2. The average Bonchev–Trinajstić information content (AvgIpc) is 3.03. The van der Waals surface area contributed by atoms with Gasteiger partial charge in [0.2, 0.25) is 11.8 Å². The topological polar surface area (TPSA) is 121 Å².